The van der Waals surface area contributed by atoms with Crippen molar-refractivity contribution in [3.05, 3.63) is 36.8 Å². The molecule has 1 atom stereocenters. The molecule has 2 saturated heterocycles. The molecule has 0 unspecified atom stereocenters. The molecule has 0 bridgehead atoms. The lowest BCUT2D eigenvalue weighted by Gasteiger charge is -2.32. The predicted octanol–water partition coefficient (Wildman–Crippen LogP) is 2.58. The summed E-state index contributed by atoms with van der Waals surface area (Å²) in [4.78, 5) is 20.2. The maximum absolute atomic E-state index is 14.3. The zero-order valence-corrected chi connectivity index (χ0v) is 17.6. The van der Waals surface area contributed by atoms with E-state index in [0.717, 1.165) is 24.5 Å². The van der Waals surface area contributed by atoms with Gasteiger partial charge in [0.1, 0.15) is 11.3 Å². The highest BCUT2D eigenvalue weighted by atomic mass is 19.3. The third-order valence-corrected chi connectivity index (χ3v) is 5.97. The van der Waals surface area contributed by atoms with E-state index in [9.17, 15) is 8.78 Å². The Morgan fingerprint density at radius 1 is 1.16 bits per heavy atom. The van der Waals surface area contributed by atoms with Crippen LogP contribution in [0, 0.1) is 5.92 Å². The molecule has 3 aromatic rings. The van der Waals surface area contributed by atoms with Crippen LogP contribution in [-0.4, -0.2) is 71.8 Å². The first kappa shape index (κ1) is 20.9. The van der Waals surface area contributed by atoms with Crippen LogP contribution in [0.25, 0.3) is 22.3 Å². The maximum Gasteiger partial charge on any atom is 0.255 e. The first-order valence-corrected chi connectivity index (χ1v) is 10.8. The molecule has 2 aliphatic heterocycles. The Morgan fingerprint density at radius 3 is 2.78 bits per heavy atom. The van der Waals surface area contributed by atoms with Crippen molar-refractivity contribution in [1.29, 1.82) is 0 Å². The molecule has 0 spiro atoms. The van der Waals surface area contributed by atoms with Gasteiger partial charge >= 0.3 is 0 Å². The number of morpholine rings is 1. The van der Waals surface area contributed by atoms with E-state index < -0.39 is 11.8 Å². The Bertz CT molecular complexity index is 1070. The summed E-state index contributed by atoms with van der Waals surface area (Å²) >= 11 is 0. The van der Waals surface area contributed by atoms with Crippen molar-refractivity contribution < 1.29 is 13.5 Å². The number of hydrogen-bond donors (Lipinski definition) is 2. The number of nitrogens with one attached hydrogen (secondary N) is 2. The number of alkyl halides is 2. The third kappa shape index (κ3) is 4.33. The number of aromatic nitrogens is 4. The van der Waals surface area contributed by atoms with E-state index in [4.69, 9.17) is 9.72 Å². The second-order valence-electron chi connectivity index (χ2n) is 8.08. The van der Waals surface area contributed by atoms with Gasteiger partial charge in [-0.15, -0.1) is 0 Å². The lowest BCUT2D eigenvalue weighted by Crippen LogP contribution is -2.47. The Kier molecular flexibility index (Phi) is 5.79. The second-order valence-corrected chi connectivity index (χ2v) is 8.08. The highest BCUT2D eigenvalue weighted by Crippen LogP contribution is 2.32. The molecule has 0 aromatic carbocycles. The minimum atomic E-state index is -2.71. The molecule has 0 saturated carbocycles. The lowest BCUT2D eigenvalue weighted by atomic mass is 9.95. The summed E-state index contributed by atoms with van der Waals surface area (Å²) in [6.07, 6.45) is 4.80. The minimum Gasteiger partial charge on any atom is -0.378 e. The van der Waals surface area contributed by atoms with Gasteiger partial charge in [0, 0.05) is 63.3 Å². The zero-order valence-electron chi connectivity index (χ0n) is 17.6. The first-order chi connectivity index (χ1) is 15.6. The van der Waals surface area contributed by atoms with Crippen LogP contribution in [-0.2, 0) is 4.74 Å². The van der Waals surface area contributed by atoms with E-state index in [0.29, 0.717) is 42.3 Å². The normalized spacial score (nSPS) is 20.9. The van der Waals surface area contributed by atoms with Crippen molar-refractivity contribution in [2.24, 2.45) is 5.92 Å². The molecule has 2 N–H and O–H groups in total. The fourth-order valence-corrected chi connectivity index (χ4v) is 4.09. The average molecular weight is 441 g/mol. The SMILES string of the molecule is FC1(F)CCNC[C@@H]1CNc1nc(-c2ccc(N3CCOCC3)nc2)cc2nccnc12. The largest absolute Gasteiger partial charge is 0.378 e. The lowest BCUT2D eigenvalue weighted by molar-refractivity contribution is -0.0728. The molecular weight excluding hydrogens is 416 g/mol. The fourth-order valence-electron chi connectivity index (χ4n) is 4.09. The van der Waals surface area contributed by atoms with E-state index in [1.165, 1.54) is 0 Å². The van der Waals surface area contributed by atoms with Gasteiger partial charge in [0.2, 0.25) is 0 Å². The van der Waals surface area contributed by atoms with Gasteiger partial charge in [-0.1, -0.05) is 0 Å². The van der Waals surface area contributed by atoms with Crippen LogP contribution in [0.3, 0.4) is 0 Å². The summed E-state index contributed by atoms with van der Waals surface area (Å²) in [7, 11) is 0. The van der Waals surface area contributed by atoms with E-state index >= 15 is 0 Å². The molecule has 8 nitrogen and oxygen atoms in total. The smallest absolute Gasteiger partial charge is 0.255 e. The summed E-state index contributed by atoms with van der Waals surface area (Å²) in [5.41, 5.74) is 2.68. The van der Waals surface area contributed by atoms with Crippen LogP contribution in [0.1, 0.15) is 6.42 Å². The highest BCUT2D eigenvalue weighted by Gasteiger charge is 2.41. The van der Waals surface area contributed by atoms with E-state index in [-0.39, 0.29) is 19.5 Å². The Morgan fingerprint density at radius 2 is 2.00 bits per heavy atom. The third-order valence-electron chi connectivity index (χ3n) is 5.97. The molecule has 3 aromatic heterocycles. The average Bonchev–Trinajstić information content (AvgIpc) is 2.83. The molecule has 2 aliphatic rings. The van der Waals surface area contributed by atoms with Crippen molar-refractivity contribution in [2.75, 3.05) is 56.2 Å². The predicted molar refractivity (Wildman–Crippen MR) is 118 cm³/mol. The Hall–Kier alpha value is -2.98. The summed E-state index contributed by atoms with van der Waals surface area (Å²) in [6.45, 7) is 3.69. The Balaban J connectivity index is 1.41. The summed E-state index contributed by atoms with van der Waals surface area (Å²) in [5, 5.41) is 6.16. The summed E-state index contributed by atoms with van der Waals surface area (Å²) in [6, 6.07) is 5.77. The molecule has 0 radical (unpaired) electrons. The minimum absolute atomic E-state index is 0.0936. The van der Waals surface area contributed by atoms with Gasteiger partial charge in [-0.25, -0.2) is 23.7 Å². The number of hydrogen-bond acceptors (Lipinski definition) is 8. The molecule has 0 amide bonds. The van der Waals surface area contributed by atoms with E-state index in [2.05, 4.69) is 30.5 Å². The number of rotatable bonds is 5. The van der Waals surface area contributed by atoms with E-state index in [1.807, 2.05) is 18.2 Å². The zero-order chi connectivity index (χ0) is 22.0. The maximum atomic E-state index is 14.3. The number of ether oxygens (including phenoxy) is 1. The monoisotopic (exact) mass is 441 g/mol. The van der Waals surface area contributed by atoms with Crippen molar-refractivity contribution in [2.45, 2.75) is 12.3 Å². The highest BCUT2D eigenvalue weighted by molar-refractivity contribution is 5.88. The van der Waals surface area contributed by atoms with Crippen molar-refractivity contribution >= 4 is 22.7 Å². The fraction of sp³-hybridized carbons (Fsp3) is 0.455. The van der Waals surface area contributed by atoms with Crippen LogP contribution >= 0.6 is 0 Å². The standard InChI is InChI=1S/C22H25F2N7O/c23-22(24)3-4-25-13-16(22)14-29-21-20-18(26-5-6-27-20)11-17(30-21)15-1-2-19(28-12-15)31-7-9-32-10-8-31/h1-2,5-6,11-12,16,25H,3-4,7-10,13-14H2,(H,29,30)/t16-/m1/s1. The molecular formula is C22H25F2N7O. The molecule has 5 heterocycles. The van der Waals surface area contributed by atoms with Crippen LogP contribution in [0.15, 0.2) is 36.8 Å². The quantitative estimate of drug-likeness (QED) is 0.625. The molecule has 2 fully saturated rings. The molecule has 10 heteroatoms. The second kappa shape index (κ2) is 8.87. The number of nitrogens with zero attached hydrogens (tertiary/aromatic N) is 5. The molecule has 168 valence electrons. The van der Waals surface area contributed by atoms with Gasteiger partial charge < -0.3 is 20.3 Å². The van der Waals surface area contributed by atoms with Gasteiger partial charge in [-0.2, -0.15) is 0 Å². The van der Waals surface area contributed by atoms with Crippen LogP contribution in [0.2, 0.25) is 0 Å². The molecule has 0 aliphatic carbocycles. The van der Waals surface area contributed by atoms with Gasteiger partial charge in [0.25, 0.3) is 5.92 Å². The number of fused-ring (bicyclic) bond motifs is 1. The van der Waals surface area contributed by atoms with Crippen LogP contribution < -0.4 is 15.5 Å². The number of anilines is 2. The number of pyridine rings is 2. The van der Waals surface area contributed by atoms with E-state index in [1.54, 1.807) is 18.6 Å². The van der Waals surface area contributed by atoms with Gasteiger partial charge in [0.05, 0.1) is 30.3 Å². The first-order valence-electron chi connectivity index (χ1n) is 10.8. The Labute approximate surface area is 184 Å². The van der Waals surface area contributed by atoms with Crippen molar-refractivity contribution in [3.63, 3.8) is 0 Å². The van der Waals surface area contributed by atoms with Gasteiger partial charge in [-0.3, -0.25) is 4.98 Å². The number of halogens is 2. The molecule has 5 rings (SSSR count). The summed E-state index contributed by atoms with van der Waals surface area (Å²) in [5.74, 6) is -2.19. The van der Waals surface area contributed by atoms with Gasteiger partial charge in [0.15, 0.2) is 5.82 Å². The molecule has 32 heavy (non-hydrogen) atoms. The summed E-state index contributed by atoms with van der Waals surface area (Å²) < 4.78 is 33.9. The van der Waals surface area contributed by atoms with Crippen LogP contribution in [0.4, 0.5) is 20.4 Å². The number of piperidine rings is 1. The van der Waals surface area contributed by atoms with Gasteiger partial charge in [-0.05, 0) is 18.2 Å². The topological polar surface area (TPSA) is 88.1 Å². The van der Waals surface area contributed by atoms with Crippen LogP contribution in [0.5, 0.6) is 0 Å². The van der Waals surface area contributed by atoms with Crippen molar-refractivity contribution in [3.8, 4) is 11.3 Å². The van der Waals surface area contributed by atoms with Crippen molar-refractivity contribution in [1.82, 2.24) is 25.3 Å².